The Morgan fingerprint density at radius 3 is 2.77 bits per heavy atom. The number of aryl methyl sites for hydroxylation is 1. The van der Waals surface area contributed by atoms with E-state index in [0.29, 0.717) is 11.5 Å². The molecule has 0 aliphatic carbocycles. The molecule has 2 aromatic carbocycles. The van der Waals surface area contributed by atoms with E-state index < -0.39 is 0 Å². The topological polar surface area (TPSA) is 42.3 Å². The van der Waals surface area contributed by atoms with E-state index in [2.05, 4.69) is 64.2 Å². The third-order valence-electron chi connectivity index (χ3n) is 7.51. The number of ether oxygens (including phenoxy) is 1. The van der Waals surface area contributed by atoms with Crippen molar-refractivity contribution >= 4 is 16.7 Å². The van der Waals surface area contributed by atoms with E-state index in [1.807, 2.05) is 0 Å². The van der Waals surface area contributed by atoms with Crippen LogP contribution in [0.25, 0.3) is 11.0 Å². The van der Waals surface area contributed by atoms with Gasteiger partial charge in [0.05, 0.1) is 24.2 Å². The van der Waals surface area contributed by atoms with Gasteiger partial charge in [0.15, 0.2) is 0 Å². The molecule has 1 aromatic heterocycles. The smallest absolute Gasteiger partial charge is 0.114 e. The maximum absolute atomic E-state index is 5.51. The van der Waals surface area contributed by atoms with Gasteiger partial charge in [-0.25, -0.2) is 4.98 Å². The highest BCUT2D eigenvalue weighted by Crippen LogP contribution is 2.37. The number of imidazole rings is 1. The van der Waals surface area contributed by atoms with Crippen molar-refractivity contribution < 1.29 is 4.74 Å². The second-order valence-electron chi connectivity index (χ2n) is 9.90. The Morgan fingerprint density at radius 1 is 1.13 bits per heavy atom. The van der Waals surface area contributed by atoms with E-state index in [-0.39, 0.29) is 0 Å². The van der Waals surface area contributed by atoms with Crippen LogP contribution in [-0.4, -0.2) is 53.3 Å². The number of likely N-dealkylation sites (tertiary alicyclic amines) is 1. The maximum atomic E-state index is 5.51. The Bertz CT molecular complexity index is 1090. The summed E-state index contributed by atoms with van der Waals surface area (Å²) in [6.45, 7) is 8.64. The summed E-state index contributed by atoms with van der Waals surface area (Å²) in [5, 5.41) is 3.66. The first-order chi connectivity index (χ1) is 15.2. The number of hydrogen-bond donors (Lipinski definition) is 1. The minimum absolute atomic E-state index is 0.450. The van der Waals surface area contributed by atoms with Gasteiger partial charge in [-0.05, 0) is 50.4 Å². The van der Waals surface area contributed by atoms with Crippen LogP contribution < -0.4 is 5.32 Å². The van der Waals surface area contributed by atoms with Crippen LogP contribution in [0.15, 0.2) is 42.5 Å². The van der Waals surface area contributed by atoms with Crippen molar-refractivity contribution in [1.29, 1.82) is 0 Å². The van der Waals surface area contributed by atoms with E-state index in [9.17, 15) is 0 Å². The van der Waals surface area contributed by atoms with E-state index >= 15 is 0 Å². The normalized spacial score (nSPS) is 22.4. The molecule has 2 fully saturated rings. The Hall–Kier alpha value is -2.37. The summed E-state index contributed by atoms with van der Waals surface area (Å²) in [7, 11) is 0. The molecule has 1 spiro atoms. The molecule has 0 bridgehead atoms. The number of fused-ring (bicyclic) bond motifs is 3. The minimum atomic E-state index is 0.450. The van der Waals surface area contributed by atoms with E-state index in [1.54, 1.807) is 0 Å². The average molecular weight is 417 g/mol. The highest BCUT2D eigenvalue weighted by Gasteiger charge is 2.44. The Kier molecular flexibility index (Phi) is 4.77. The summed E-state index contributed by atoms with van der Waals surface area (Å²) in [4.78, 5) is 7.86. The predicted molar refractivity (Wildman–Crippen MR) is 125 cm³/mol. The summed E-state index contributed by atoms with van der Waals surface area (Å²) in [6.07, 6.45) is 4.44. The van der Waals surface area contributed by atoms with E-state index in [0.717, 1.165) is 39.1 Å². The van der Waals surface area contributed by atoms with Crippen LogP contribution in [0, 0.1) is 5.41 Å². The predicted octanol–water partition coefficient (Wildman–Crippen LogP) is 4.10. The third-order valence-corrected chi connectivity index (χ3v) is 7.51. The average Bonchev–Trinajstić information content (AvgIpc) is 3.34. The Morgan fingerprint density at radius 2 is 2.00 bits per heavy atom. The molecule has 1 atom stereocenters. The lowest BCUT2D eigenvalue weighted by Gasteiger charge is -2.37. The highest BCUT2D eigenvalue weighted by atomic mass is 16.5. The number of nitrogens with one attached hydrogen (secondary N) is 1. The molecule has 1 N–H and O–H groups in total. The lowest BCUT2D eigenvalue weighted by atomic mass is 9.85. The summed E-state index contributed by atoms with van der Waals surface area (Å²) >= 11 is 0. The first kappa shape index (κ1) is 19.3. The lowest BCUT2D eigenvalue weighted by Crippen LogP contribution is -2.44. The first-order valence-electron chi connectivity index (χ1n) is 11.8. The quantitative estimate of drug-likeness (QED) is 0.680. The number of benzene rings is 2. The molecular weight excluding hydrogens is 384 g/mol. The van der Waals surface area contributed by atoms with Gasteiger partial charge in [0.1, 0.15) is 5.82 Å². The van der Waals surface area contributed by atoms with E-state index in [1.165, 1.54) is 59.6 Å². The highest BCUT2D eigenvalue weighted by molar-refractivity contribution is 5.86. The van der Waals surface area contributed by atoms with Gasteiger partial charge in [-0.1, -0.05) is 30.3 Å². The number of rotatable bonds is 5. The molecule has 0 radical (unpaired) electrons. The van der Waals surface area contributed by atoms with Crippen molar-refractivity contribution in [3.05, 3.63) is 59.4 Å². The fraction of sp³-hybridized carbons (Fsp3) is 0.500. The molecule has 0 amide bonds. The molecule has 31 heavy (non-hydrogen) atoms. The molecule has 0 saturated carbocycles. The van der Waals surface area contributed by atoms with Crippen molar-refractivity contribution in [3.63, 3.8) is 0 Å². The largest absolute Gasteiger partial charge is 0.382 e. The molecule has 5 nitrogen and oxygen atoms in total. The molecule has 3 aliphatic heterocycles. The van der Waals surface area contributed by atoms with Crippen LogP contribution in [0.3, 0.4) is 0 Å². The third kappa shape index (κ3) is 3.54. The van der Waals surface area contributed by atoms with Crippen molar-refractivity contribution in [3.8, 4) is 0 Å². The lowest BCUT2D eigenvalue weighted by molar-refractivity contribution is -0.105. The molecule has 2 saturated heterocycles. The van der Waals surface area contributed by atoms with Crippen molar-refractivity contribution in [2.24, 2.45) is 5.41 Å². The van der Waals surface area contributed by atoms with Gasteiger partial charge in [0, 0.05) is 48.8 Å². The number of hydrogen-bond acceptors (Lipinski definition) is 4. The molecule has 3 aromatic rings. The molecule has 5 heteroatoms. The van der Waals surface area contributed by atoms with Crippen LogP contribution in [0.5, 0.6) is 0 Å². The molecular formula is C26H32N4O. The first-order valence-corrected chi connectivity index (χ1v) is 11.8. The van der Waals surface area contributed by atoms with Gasteiger partial charge in [0.2, 0.25) is 0 Å². The minimum Gasteiger partial charge on any atom is -0.382 e. The fourth-order valence-electron chi connectivity index (χ4n) is 5.63. The van der Waals surface area contributed by atoms with Gasteiger partial charge < -0.3 is 19.5 Å². The zero-order chi connectivity index (χ0) is 20.8. The SMILES string of the molecule is C[C@H]1CCc2c(ccc3c2nc(Cc2ccccc2)n3CCN2CCC3(COC3)C2)N1. The fourth-order valence-corrected chi connectivity index (χ4v) is 5.63. The summed E-state index contributed by atoms with van der Waals surface area (Å²) < 4.78 is 8.00. The van der Waals surface area contributed by atoms with Crippen LogP contribution >= 0.6 is 0 Å². The number of aromatic nitrogens is 2. The van der Waals surface area contributed by atoms with Crippen molar-refractivity contribution in [2.75, 3.05) is 38.2 Å². The van der Waals surface area contributed by atoms with Crippen LogP contribution in [-0.2, 0) is 24.1 Å². The van der Waals surface area contributed by atoms with Crippen molar-refractivity contribution in [2.45, 2.75) is 45.2 Å². The van der Waals surface area contributed by atoms with Crippen LogP contribution in [0.2, 0.25) is 0 Å². The number of nitrogens with zero attached hydrogens (tertiary/aromatic N) is 3. The van der Waals surface area contributed by atoms with Gasteiger partial charge in [-0.15, -0.1) is 0 Å². The molecule has 3 aliphatic rings. The van der Waals surface area contributed by atoms with Gasteiger partial charge in [-0.2, -0.15) is 0 Å². The summed E-state index contributed by atoms with van der Waals surface area (Å²) in [6, 6.07) is 15.9. The zero-order valence-electron chi connectivity index (χ0n) is 18.4. The molecule has 4 heterocycles. The Balaban J connectivity index is 1.32. The summed E-state index contributed by atoms with van der Waals surface area (Å²) in [5.41, 5.74) is 6.94. The Labute approximate surface area is 184 Å². The van der Waals surface area contributed by atoms with Gasteiger partial charge in [-0.3, -0.25) is 0 Å². The monoisotopic (exact) mass is 416 g/mol. The van der Waals surface area contributed by atoms with E-state index in [4.69, 9.17) is 9.72 Å². The molecule has 162 valence electrons. The second-order valence-corrected chi connectivity index (χ2v) is 9.90. The van der Waals surface area contributed by atoms with Crippen molar-refractivity contribution in [1.82, 2.24) is 14.5 Å². The van der Waals surface area contributed by atoms with Crippen LogP contribution in [0.1, 0.15) is 36.7 Å². The standard InChI is InChI=1S/C26H32N4O/c1-19-7-8-21-22(27-19)9-10-23-25(21)28-24(15-20-5-3-2-4-6-20)30(23)14-13-29-12-11-26(16-29)17-31-18-26/h2-6,9-10,19,27H,7-8,11-18H2,1H3/t19-/m0/s1. The zero-order valence-corrected chi connectivity index (χ0v) is 18.4. The number of anilines is 1. The second kappa shape index (κ2) is 7.64. The molecule has 0 unspecified atom stereocenters. The van der Waals surface area contributed by atoms with Crippen LogP contribution in [0.4, 0.5) is 5.69 Å². The molecule has 6 rings (SSSR count). The summed E-state index contributed by atoms with van der Waals surface area (Å²) in [5.74, 6) is 1.19. The van der Waals surface area contributed by atoms with Gasteiger partial charge in [0.25, 0.3) is 0 Å². The maximum Gasteiger partial charge on any atom is 0.114 e. The van der Waals surface area contributed by atoms with Gasteiger partial charge >= 0.3 is 0 Å².